The number of aromatic hydroxyl groups is 1. The van der Waals surface area contributed by atoms with Gasteiger partial charge in [-0.3, -0.25) is 9.59 Å². The number of benzene rings is 2. The van der Waals surface area contributed by atoms with E-state index in [0.29, 0.717) is 23.4 Å². The zero-order valence-corrected chi connectivity index (χ0v) is 23.6. The summed E-state index contributed by atoms with van der Waals surface area (Å²) in [6, 6.07) is 10.6. The monoisotopic (exact) mass is 527 g/mol. The van der Waals surface area contributed by atoms with Crippen molar-refractivity contribution in [1.29, 1.82) is 0 Å². The first-order chi connectivity index (χ1) is 17.7. The van der Waals surface area contributed by atoms with Crippen LogP contribution in [0.15, 0.2) is 48.5 Å². The van der Waals surface area contributed by atoms with Gasteiger partial charge in [-0.05, 0) is 88.9 Å². The van der Waals surface area contributed by atoms with E-state index in [0.717, 1.165) is 0 Å². The molecule has 0 radical (unpaired) electrons. The van der Waals surface area contributed by atoms with E-state index in [2.05, 4.69) is 10.6 Å². The summed E-state index contributed by atoms with van der Waals surface area (Å²) in [7, 11) is 1.55. The fraction of sp³-hybridized carbons (Fsp3) is 0.483. The van der Waals surface area contributed by atoms with Crippen molar-refractivity contribution in [3.8, 4) is 11.5 Å². The van der Waals surface area contributed by atoms with Crippen LogP contribution in [0.5, 0.6) is 11.5 Å². The van der Waals surface area contributed by atoms with Crippen LogP contribution in [-0.2, 0) is 14.3 Å². The molecule has 0 aliphatic rings. The minimum absolute atomic E-state index is 0.0356. The normalized spacial score (nSPS) is 13.0. The molecule has 0 bridgehead atoms. The molecule has 9 heteroatoms. The first-order valence-electron chi connectivity index (χ1n) is 12.8. The Bertz CT molecular complexity index is 1090. The van der Waals surface area contributed by atoms with Gasteiger partial charge in [0.2, 0.25) is 5.91 Å². The Morgan fingerprint density at radius 1 is 1.00 bits per heavy atom. The molecule has 2 aromatic carbocycles. The molecule has 0 heterocycles. The summed E-state index contributed by atoms with van der Waals surface area (Å²) in [5.74, 6) is -0.232. The topological polar surface area (TPSA) is 117 Å². The van der Waals surface area contributed by atoms with Crippen LogP contribution >= 0.6 is 0 Å². The lowest BCUT2D eigenvalue weighted by molar-refractivity contribution is -0.143. The van der Waals surface area contributed by atoms with Crippen LogP contribution in [0, 0.1) is 5.92 Å². The Morgan fingerprint density at radius 2 is 1.63 bits per heavy atom. The highest BCUT2D eigenvalue weighted by molar-refractivity contribution is 5.99. The molecule has 0 aliphatic heterocycles. The molecule has 0 spiro atoms. The van der Waals surface area contributed by atoms with Crippen molar-refractivity contribution >= 4 is 23.6 Å². The van der Waals surface area contributed by atoms with Crippen molar-refractivity contribution < 1.29 is 29.0 Å². The zero-order valence-electron chi connectivity index (χ0n) is 23.6. The number of nitrogens with one attached hydrogen (secondary N) is 2. The van der Waals surface area contributed by atoms with E-state index in [-0.39, 0.29) is 11.7 Å². The second-order valence-electron chi connectivity index (χ2n) is 10.9. The molecular weight excluding hydrogens is 486 g/mol. The number of alkyl carbamates (subject to hydrolysis) is 1. The van der Waals surface area contributed by atoms with E-state index >= 15 is 0 Å². The smallest absolute Gasteiger partial charge is 0.408 e. The second-order valence-corrected chi connectivity index (χ2v) is 10.9. The maximum Gasteiger partial charge on any atom is 0.408 e. The van der Waals surface area contributed by atoms with Crippen LogP contribution < -0.4 is 15.4 Å². The largest absolute Gasteiger partial charge is 0.508 e. The molecule has 0 aromatic heterocycles. The van der Waals surface area contributed by atoms with Gasteiger partial charge in [-0.25, -0.2) is 4.79 Å². The van der Waals surface area contributed by atoms with Gasteiger partial charge in [-0.2, -0.15) is 0 Å². The van der Waals surface area contributed by atoms with Gasteiger partial charge in [0.1, 0.15) is 29.2 Å². The minimum Gasteiger partial charge on any atom is -0.508 e. The van der Waals surface area contributed by atoms with Gasteiger partial charge in [0.15, 0.2) is 0 Å². The predicted octanol–water partition coefficient (Wildman–Crippen LogP) is 5.26. The van der Waals surface area contributed by atoms with E-state index in [1.165, 1.54) is 17.0 Å². The Labute approximate surface area is 225 Å². The van der Waals surface area contributed by atoms with E-state index in [1.807, 2.05) is 13.8 Å². The summed E-state index contributed by atoms with van der Waals surface area (Å²) in [5.41, 5.74) is 0.205. The average Bonchev–Trinajstić information content (AvgIpc) is 2.80. The van der Waals surface area contributed by atoms with E-state index in [4.69, 9.17) is 9.47 Å². The number of phenolic OH excluding ortho intramolecular Hbond substituents is 1. The molecule has 2 unspecified atom stereocenters. The van der Waals surface area contributed by atoms with Gasteiger partial charge < -0.3 is 30.1 Å². The molecule has 0 saturated heterocycles. The summed E-state index contributed by atoms with van der Waals surface area (Å²) in [6.07, 6.45) is -0.370. The number of hydrogen-bond acceptors (Lipinski definition) is 6. The fourth-order valence-electron chi connectivity index (χ4n) is 4.02. The lowest BCUT2D eigenvalue weighted by atomic mass is 9.97. The molecule has 0 saturated carbocycles. The molecule has 0 aliphatic carbocycles. The summed E-state index contributed by atoms with van der Waals surface area (Å²) in [4.78, 5) is 41.9. The second kappa shape index (κ2) is 13.2. The highest BCUT2D eigenvalue weighted by Crippen LogP contribution is 2.29. The van der Waals surface area contributed by atoms with Crippen molar-refractivity contribution in [2.45, 2.75) is 78.6 Å². The number of phenols is 1. The van der Waals surface area contributed by atoms with Gasteiger partial charge >= 0.3 is 6.09 Å². The Hall–Kier alpha value is -3.75. The molecule has 2 aromatic rings. The number of ether oxygens (including phenoxy) is 2. The molecular formula is C29H41N3O6. The number of carbonyl (C=O) groups is 3. The third kappa shape index (κ3) is 8.97. The Morgan fingerprint density at radius 3 is 2.13 bits per heavy atom. The first-order valence-corrected chi connectivity index (χ1v) is 12.8. The number of amides is 3. The zero-order chi connectivity index (χ0) is 28.6. The number of rotatable bonds is 10. The average molecular weight is 528 g/mol. The van der Waals surface area contributed by atoms with Gasteiger partial charge in [0, 0.05) is 11.7 Å². The Kier molecular flexibility index (Phi) is 10.6. The molecule has 38 heavy (non-hydrogen) atoms. The lowest BCUT2D eigenvalue weighted by Gasteiger charge is -2.37. The predicted molar refractivity (Wildman–Crippen MR) is 147 cm³/mol. The number of nitrogens with zero attached hydrogens (tertiary/aromatic N) is 1. The third-order valence-corrected chi connectivity index (χ3v) is 5.58. The van der Waals surface area contributed by atoms with E-state index in [1.54, 1.807) is 78.1 Å². The summed E-state index contributed by atoms with van der Waals surface area (Å²) in [5, 5.41) is 15.8. The van der Waals surface area contributed by atoms with Gasteiger partial charge in [0.25, 0.3) is 5.91 Å². The van der Waals surface area contributed by atoms with Crippen LogP contribution in [0.25, 0.3) is 0 Å². The molecule has 3 amide bonds. The Balaban J connectivity index is 2.50. The molecule has 208 valence electrons. The van der Waals surface area contributed by atoms with Gasteiger partial charge in [-0.15, -0.1) is 0 Å². The van der Waals surface area contributed by atoms with Gasteiger partial charge in [-0.1, -0.05) is 26.0 Å². The third-order valence-electron chi connectivity index (χ3n) is 5.58. The van der Waals surface area contributed by atoms with E-state index in [9.17, 15) is 19.5 Å². The summed E-state index contributed by atoms with van der Waals surface area (Å²) in [6.45, 7) is 12.7. The van der Waals surface area contributed by atoms with Gasteiger partial charge in [0.05, 0.1) is 7.11 Å². The van der Waals surface area contributed by atoms with Crippen molar-refractivity contribution in [3.05, 3.63) is 54.1 Å². The number of carbonyl (C=O) groups excluding carboxylic acids is 3. The van der Waals surface area contributed by atoms with Crippen molar-refractivity contribution in [2.24, 2.45) is 5.92 Å². The summed E-state index contributed by atoms with van der Waals surface area (Å²) < 4.78 is 10.6. The van der Waals surface area contributed by atoms with Crippen molar-refractivity contribution in [3.63, 3.8) is 0 Å². The molecule has 3 N–H and O–H groups in total. The maximum atomic E-state index is 14.1. The highest BCUT2D eigenvalue weighted by Gasteiger charge is 2.38. The van der Waals surface area contributed by atoms with Crippen molar-refractivity contribution in [2.75, 3.05) is 12.4 Å². The number of methoxy groups -OCH3 is 1. The van der Waals surface area contributed by atoms with Crippen LogP contribution in [-0.4, -0.2) is 52.7 Å². The van der Waals surface area contributed by atoms with Crippen molar-refractivity contribution in [1.82, 2.24) is 10.2 Å². The molecule has 2 atom stereocenters. The lowest BCUT2D eigenvalue weighted by Crippen LogP contribution is -2.54. The quantitative estimate of drug-likeness (QED) is 0.388. The highest BCUT2D eigenvalue weighted by atomic mass is 16.6. The molecule has 9 nitrogen and oxygen atoms in total. The molecule has 2 rings (SSSR count). The summed E-state index contributed by atoms with van der Waals surface area (Å²) >= 11 is 0. The van der Waals surface area contributed by atoms with Crippen LogP contribution in [0.1, 0.15) is 66.5 Å². The molecule has 0 fully saturated rings. The van der Waals surface area contributed by atoms with Crippen LogP contribution in [0.3, 0.4) is 0 Å². The number of hydrogen-bond donors (Lipinski definition) is 3. The maximum absolute atomic E-state index is 14.1. The standard InChI is InChI=1S/C29H41N3O6/c1-18(2)16-24(31-28(36)38-29(5,6)7)27(35)32(19(3)4)25(20-10-9-11-22(33)17-20)26(34)30-21-12-14-23(37-8)15-13-21/h9-15,17-19,24-25,33H,16H2,1-8H3,(H,30,34)(H,31,36). The SMILES string of the molecule is COc1ccc(NC(=O)C(c2cccc(O)c2)N(C(=O)C(CC(C)C)NC(=O)OC(C)(C)C)C(C)C)cc1. The van der Waals surface area contributed by atoms with Crippen LogP contribution in [0.4, 0.5) is 10.5 Å². The van der Waals surface area contributed by atoms with E-state index < -0.39 is 41.6 Å². The minimum atomic E-state index is -1.09. The van der Waals surface area contributed by atoms with Crippen LogP contribution in [0.2, 0.25) is 0 Å². The fourth-order valence-corrected chi connectivity index (χ4v) is 4.02. The number of anilines is 1. The first kappa shape index (κ1) is 30.5.